The number of halogens is 1. The molecule has 1 saturated heterocycles. The third kappa shape index (κ3) is 3.36. The number of rotatable bonds is 4. The van der Waals surface area contributed by atoms with Gasteiger partial charge in [0.1, 0.15) is 5.82 Å². The number of carboxylic acids is 1. The zero-order valence-corrected chi connectivity index (χ0v) is 11.4. The first-order chi connectivity index (χ1) is 9.61. The largest absolute Gasteiger partial charge is 0.478 e. The molecule has 0 saturated carbocycles. The molecule has 1 aliphatic rings. The molecular weight excluding hydrogens is 261 g/mol. The van der Waals surface area contributed by atoms with Crippen LogP contribution in [0.15, 0.2) is 24.3 Å². The molecule has 0 bridgehead atoms. The highest BCUT2D eigenvalue weighted by Crippen LogP contribution is 2.29. The van der Waals surface area contributed by atoms with Crippen LogP contribution in [0.25, 0.3) is 6.08 Å². The highest BCUT2D eigenvalue weighted by molar-refractivity contribution is 5.87. The van der Waals surface area contributed by atoms with Crippen LogP contribution in [-0.2, 0) is 9.53 Å². The van der Waals surface area contributed by atoms with Crippen LogP contribution in [-0.4, -0.2) is 37.4 Å². The van der Waals surface area contributed by atoms with Crippen LogP contribution in [0.4, 0.5) is 10.1 Å². The molecule has 1 fully saturated rings. The number of benzene rings is 1. The van der Waals surface area contributed by atoms with E-state index in [0.29, 0.717) is 17.8 Å². The van der Waals surface area contributed by atoms with Gasteiger partial charge in [0.05, 0.1) is 11.8 Å². The summed E-state index contributed by atoms with van der Waals surface area (Å²) in [4.78, 5) is 12.6. The average Bonchev–Trinajstić information content (AvgIpc) is 2.45. The summed E-state index contributed by atoms with van der Waals surface area (Å²) in [7, 11) is 1.65. The van der Waals surface area contributed by atoms with E-state index in [2.05, 4.69) is 0 Å². The Morgan fingerprint density at radius 1 is 1.55 bits per heavy atom. The predicted molar refractivity (Wildman–Crippen MR) is 75.3 cm³/mol. The SMILES string of the molecule is COC1CCCN(c2c(F)cccc2/C=C/C(=O)O)C1. The lowest BCUT2D eigenvalue weighted by atomic mass is 10.0. The van der Waals surface area contributed by atoms with E-state index in [0.717, 1.165) is 25.5 Å². The van der Waals surface area contributed by atoms with Gasteiger partial charge in [-0.15, -0.1) is 0 Å². The van der Waals surface area contributed by atoms with Gasteiger partial charge in [0.25, 0.3) is 0 Å². The second-order valence-electron chi connectivity index (χ2n) is 4.80. The highest BCUT2D eigenvalue weighted by atomic mass is 19.1. The van der Waals surface area contributed by atoms with E-state index in [1.54, 1.807) is 19.2 Å². The predicted octanol–water partition coefficient (Wildman–Crippen LogP) is 2.54. The monoisotopic (exact) mass is 279 g/mol. The molecule has 108 valence electrons. The summed E-state index contributed by atoms with van der Waals surface area (Å²) in [5.41, 5.74) is 1.02. The van der Waals surface area contributed by atoms with E-state index in [9.17, 15) is 9.18 Å². The van der Waals surface area contributed by atoms with Crippen LogP contribution in [0, 0.1) is 5.82 Å². The van der Waals surface area contributed by atoms with Crippen molar-refractivity contribution >= 4 is 17.7 Å². The fourth-order valence-electron chi connectivity index (χ4n) is 2.49. The maximum atomic E-state index is 14.1. The highest BCUT2D eigenvalue weighted by Gasteiger charge is 2.23. The van der Waals surface area contributed by atoms with Gasteiger partial charge in [-0.25, -0.2) is 9.18 Å². The Kier molecular flexibility index (Phi) is 4.74. The van der Waals surface area contributed by atoms with E-state index in [-0.39, 0.29) is 11.9 Å². The Bertz CT molecular complexity index is 516. The number of hydrogen-bond donors (Lipinski definition) is 1. The van der Waals surface area contributed by atoms with Crippen molar-refractivity contribution < 1.29 is 19.0 Å². The molecule has 1 unspecified atom stereocenters. The summed E-state index contributed by atoms with van der Waals surface area (Å²) < 4.78 is 19.5. The lowest BCUT2D eigenvalue weighted by molar-refractivity contribution is -0.131. The molecule has 2 rings (SSSR count). The molecule has 0 aromatic heterocycles. The summed E-state index contributed by atoms with van der Waals surface area (Å²) in [6.45, 7) is 1.36. The van der Waals surface area contributed by atoms with Crippen molar-refractivity contribution in [3.8, 4) is 0 Å². The van der Waals surface area contributed by atoms with Crippen molar-refractivity contribution in [3.05, 3.63) is 35.7 Å². The molecule has 4 nitrogen and oxygen atoms in total. The Hall–Kier alpha value is -1.88. The number of nitrogens with zero attached hydrogens (tertiary/aromatic N) is 1. The van der Waals surface area contributed by atoms with Gasteiger partial charge in [0.2, 0.25) is 0 Å². The maximum absolute atomic E-state index is 14.1. The van der Waals surface area contributed by atoms with E-state index in [1.165, 1.54) is 12.1 Å². The second kappa shape index (κ2) is 6.52. The van der Waals surface area contributed by atoms with Gasteiger partial charge in [-0.1, -0.05) is 12.1 Å². The third-order valence-electron chi connectivity index (χ3n) is 3.45. The van der Waals surface area contributed by atoms with Crippen molar-refractivity contribution in [2.45, 2.75) is 18.9 Å². The first kappa shape index (κ1) is 14.5. The summed E-state index contributed by atoms with van der Waals surface area (Å²) in [6.07, 6.45) is 4.42. The number of piperidine rings is 1. The minimum atomic E-state index is -1.05. The molecular formula is C15H18FNO3. The topological polar surface area (TPSA) is 49.8 Å². The van der Waals surface area contributed by atoms with Crippen LogP contribution in [0.1, 0.15) is 18.4 Å². The molecule has 0 amide bonds. The minimum absolute atomic E-state index is 0.0830. The fraction of sp³-hybridized carbons (Fsp3) is 0.400. The molecule has 0 aliphatic carbocycles. The molecule has 1 atom stereocenters. The molecule has 0 radical (unpaired) electrons. The van der Waals surface area contributed by atoms with E-state index in [4.69, 9.17) is 9.84 Å². The zero-order chi connectivity index (χ0) is 14.5. The molecule has 1 aromatic carbocycles. The maximum Gasteiger partial charge on any atom is 0.328 e. The van der Waals surface area contributed by atoms with Gasteiger partial charge in [0, 0.05) is 31.8 Å². The zero-order valence-electron chi connectivity index (χ0n) is 11.4. The summed E-state index contributed by atoms with van der Waals surface area (Å²) in [5.74, 6) is -1.39. The van der Waals surface area contributed by atoms with E-state index >= 15 is 0 Å². The smallest absolute Gasteiger partial charge is 0.328 e. The first-order valence-electron chi connectivity index (χ1n) is 6.59. The molecule has 20 heavy (non-hydrogen) atoms. The molecule has 1 heterocycles. The summed E-state index contributed by atoms with van der Waals surface area (Å²) in [6, 6.07) is 4.69. The van der Waals surface area contributed by atoms with Crippen LogP contribution < -0.4 is 4.90 Å². The first-order valence-corrected chi connectivity index (χ1v) is 6.59. The molecule has 1 N–H and O–H groups in total. The van der Waals surface area contributed by atoms with Crippen LogP contribution >= 0.6 is 0 Å². The van der Waals surface area contributed by atoms with Gasteiger partial charge >= 0.3 is 5.97 Å². The van der Waals surface area contributed by atoms with Crippen LogP contribution in [0.2, 0.25) is 0 Å². The third-order valence-corrected chi connectivity index (χ3v) is 3.45. The van der Waals surface area contributed by atoms with Crippen molar-refractivity contribution in [2.75, 3.05) is 25.1 Å². The number of aliphatic carboxylic acids is 1. The Labute approximate surface area is 117 Å². The fourth-order valence-corrected chi connectivity index (χ4v) is 2.49. The lowest BCUT2D eigenvalue weighted by Gasteiger charge is -2.34. The number of methoxy groups -OCH3 is 1. The average molecular weight is 279 g/mol. The molecule has 1 aromatic rings. The molecule has 0 spiro atoms. The number of carbonyl (C=O) groups is 1. The standard InChI is InChI=1S/C15H18FNO3/c1-20-12-5-3-9-17(10-12)15-11(7-8-14(18)19)4-2-6-13(15)16/h2,4,6-8,12H,3,5,9-10H2,1H3,(H,18,19)/b8-7+. The Morgan fingerprint density at radius 2 is 2.35 bits per heavy atom. The molecule has 1 aliphatic heterocycles. The summed E-state index contributed by atoms with van der Waals surface area (Å²) >= 11 is 0. The quantitative estimate of drug-likeness (QED) is 0.860. The molecule has 5 heteroatoms. The number of para-hydroxylation sites is 1. The number of carboxylic acid groups (broad SMARTS) is 1. The van der Waals surface area contributed by atoms with E-state index < -0.39 is 5.97 Å². The van der Waals surface area contributed by atoms with Crippen molar-refractivity contribution in [3.63, 3.8) is 0 Å². The van der Waals surface area contributed by atoms with E-state index in [1.807, 2.05) is 4.90 Å². The minimum Gasteiger partial charge on any atom is -0.478 e. The van der Waals surface area contributed by atoms with Gasteiger partial charge in [-0.3, -0.25) is 0 Å². The number of hydrogen-bond acceptors (Lipinski definition) is 3. The van der Waals surface area contributed by atoms with Crippen LogP contribution in [0.5, 0.6) is 0 Å². The van der Waals surface area contributed by atoms with Crippen molar-refractivity contribution in [1.29, 1.82) is 0 Å². The lowest BCUT2D eigenvalue weighted by Crippen LogP contribution is -2.40. The van der Waals surface area contributed by atoms with Gasteiger partial charge in [-0.2, -0.15) is 0 Å². The number of ether oxygens (including phenoxy) is 1. The van der Waals surface area contributed by atoms with Gasteiger partial charge < -0.3 is 14.7 Å². The Balaban J connectivity index is 2.31. The summed E-state index contributed by atoms with van der Waals surface area (Å²) in [5, 5.41) is 8.71. The second-order valence-corrected chi connectivity index (χ2v) is 4.80. The van der Waals surface area contributed by atoms with Gasteiger partial charge in [0.15, 0.2) is 0 Å². The van der Waals surface area contributed by atoms with Crippen LogP contribution in [0.3, 0.4) is 0 Å². The Morgan fingerprint density at radius 3 is 3.05 bits per heavy atom. The van der Waals surface area contributed by atoms with Crippen molar-refractivity contribution in [1.82, 2.24) is 0 Å². The van der Waals surface area contributed by atoms with Crippen molar-refractivity contribution in [2.24, 2.45) is 0 Å². The normalized spacial score (nSPS) is 19.5. The number of anilines is 1. The van der Waals surface area contributed by atoms with Gasteiger partial charge in [-0.05, 0) is 25.0 Å².